The van der Waals surface area contributed by atoms with Crippen molar-refractivity contribution in [3.63, 3.8) is 0 Å². The van der Waals surface area contributed by atoms with Crippen LogP contribution in [0.5, 0.6) is 11.5 Å². The molecule has 9 nitrogen and oxygen atoms in total. The second-order valence-corrected chi connectivity index (χ2v) is 5.63. The van der Waals surface area contributed by atoms with E-state index < -0.39 is 43.3 Å². The summed E-state index contributed by atoms with van der Waals surface area (Å²) in [6.45, 7) is 1.34. The van der Waals surface area contributed by atoms with Gasteiger partial charge in [0.25, 0.3) is 0 Å². The quantitative estimate of drug-likeness (QED) is 0.319. The van der Waals surface area contributed by atoms with Crippen LogP contribution in [0.3, 0.4) is 0 Å². The third-order valence-corrected chi connectivity index (χ3v) is 3.77. The van der Waals surface area contributed by atoms with Crippen LogP contribution in [0.1, 0.15) is 12.5 Å². The van der Waals surface area contributed by atoms with Crippen molar-refractivity contribution in [3.05, 3.63) is 29.8 Å². The first kappa shape index (κ1) is 20.1. The van der Waals surface area contributed by atoms with E-state index in [0.717, 1.165) is 0 Å². The van der Waals surface area contributed by atoms with E-state index in [9.17, 15) is 25.2 Å². The summed E-state index contributed by atoms with van der Waals surface area (Å²) >= 11 is 0. The van der Waals surface area contributed by atoms with E-state index in [4.69, 9.17) is 19.3 Å². The van der Waals surface area contributed by atoms with Crippen molar-refractivity contribution in [2.75, 3.05) is 13.2 Å². The van der Waals surface area contributed by atoms with Crippen molar-refractivity contribution < 1.29 is 44.5 Å². The molecule has 0 spiro atoms. The predicted octanol–water partition coefficient (Wildman–Crippen LogP) is -0.853. The fourth-order valence-corrected chi connectivity index (χ4v) is 2.38. The first-order chi connectivity index (χ1) is 12.4. The first-order valence-electron chi connectivity index (χ1n) is 8.02. The number of rotatable bonds is 6. The smallest absolute Gasteiger partial charge is 0.330 e. The Morgan fingerprint density at radius 1 is 1.23 bits per heavy atom. The standard InChI is InChI=1S/C17H22O9/c1-2-24-13(20)6-4-9-3-5-11(10(19)7-9)25-17-16(23)15(22)14(21)12(8-18)26-17/h3-7,12,14-19,21-23H,2,8H2,1H3/b6-4+/t12-,14+,15+,16-,17-/m1/s1. The molecule has 0 aliphatic carbocycles. The maximum atomic E-state index is 11.3. The van der Waals surface area contributed by atoms with Crippen LogP contribution in [0.15, 0.2) is 24.3 Å². The number of aliphatic hydroxyl groups is 4. The Morgan fingerprint density at radius 3 is 2.58 bits per heavy atom. The van der Waals surface area contributed by atoms with Gasteiger partial charge < -0.3 is 39.7 Å². The number of carbonyl (C=O) groups excluding carboxylic acids is 1. The van der Waals surface area contributed by atoms with E-state index >= 15 is 0 Å². The molecule has 1 saturated heterocycles. The van der Waals surface area contributed by atoms with E-state index in [1.54, 1.807) is 6.92 Å². The van der Waals surface area contributed by atoms with Crippen molar-refractivity contribution in [3.8, 4) is 11.5 Å². The van der Waals surface area contributed by atoms with Gasteiger partial charge in [-0.05, 0) is 30.7 Å². The first-order valence-corrected chi connectivity index (χ1v) is 8.02. The zero-order valence-electron chi connectivity index (χ0n) is 14.1. The van der Waals surface area contributed by atoms with Crippen LogP contribution in [0, 0.1) is 0 Å². The van der Waals surface area contributed by atoms with Gasteiger partial charge in [0.05, 0.1) is 13.2 Å². The molecule has 5 atom stereocenters. The highest BCUT2D eigenvalue weighted by Crippen LogP contribution is 2.31. The molecule has 1 aromatic rings. The number of esters is 1. The topological polar surface area (TPSA) is 146 Å². The number of carbonyl (C=O) groups is 1. The molecule has 2 rings (SSSR count). The van der Waals surface area contributed by atoms with Crippen molar-refractivity contribution >= 4 is 12.0 Å². The van der Waals surface area contributed by atoms with Crippen LogP contribution < -0.4 is 4.74 Å². The molecule has 0 unspecified atom stereocenters. The largest absolute Gasteiger partial charge is 0.504 e. The Morgan fingerprint density at radius 2 is 1.96 bits per heavy atom. The molecular weight excluding hydrogens is 348 g/mol. The number of hydrogen-bond acceptors (Lipinski definition) is 9. The van der Waals surface area contributed by atoms with E-state index in [-0.39, 0.29) is 18.1 Å². The third kappa shape index (κ3) is 4.71. The SMILES string of the molecule is CCOC(=O)/C=C/c1ccc(O[C@@H]2O[C@H](CO)[C@H](O)[C@H](O)[C@H]2O)c(O)c1. The summed E-state index contributed by atoms with van der Waals surface area (Å²) < 4.78 is 15.3. The lowest BCUT2D eigenvalue weighted by atomic mass is 9.99. The molecule has 1 aliphatic heterocycles. The monoisotopic (exact) mass is 370 g/mol. The zero-order valence-corrected chi connectivity index (χ0v) is 14.1. The van der Waals surface area contributed by atoms with Crippen LogP contribution in [0.2, 0.25) is 0 Å². The number of aliphatic hydroxyl groups excluding tert-OH is 4. The Kier molecular flexibility index (Phi) is 6.95. The van der Waals surface area contributed by atoms with Gasteiger partial charge in [-0.25, -0.2) is 4.79 Å². The molecule has 5 N–H and O–H groups in total. The Labute approximate surface area is 149 Å². The Bertz CT molecular complexity index is 643. The highest BCUT2D eigenvalue weighted by molar-refractivity contribution is 5.87. The molecular formula is C17H22O9. The minimum atomic E-state index is -1.59. The normalized spacial score (nSPS) is 28.9. The minimum Gasteiger partial charge on any atom is -0.504 e. The number of hydrogen-bond donors (Lipinski definition) is 5. The molecule has 0 amide bonds. The number of phenolic OH excluding ortho intramolecular Hbond substituents is 1. The molecule has 9 heteroatoms. The summed E-state index contributed by atoms with van der Waals surface area (Å²) in [5, 5.41) is 48.6. The van der Waals surface area contributed by atoms with E-state index in [2.05, 4.69) is 0 Å². The zero-order chi connectivity index (χ0) is 19.3. The van der Waals surface area contributed by atoms with Crippen molar-refractivity contribution in [1.82, 2.24) is 0 Å². The average molecular weight is 370 g/mol. The summed E-state index contributed by atoms with van der Waals surface area (Å²) in [6, 6.07) is 4.23. The summed E-state index contributed by atoms with van der Waals surface area (Å²) in [7, 11) is 0. The molecule has 0 saturated carbocycles. The number of aromatic hydroxyl groups is 1. The summed E-state index contributed by atoms with van der Waals surface area (Å²) in [5.41, 5.74) is 0.497. The maximum Gasteiger partial charge on any atom is 0.330 e. The van der Waals surface area contributed by atoms with Crippen LogP contribution in [-0.4, -0.2) is 75.4 Å². The van der Waals surface area contributed by atoms with Crippen molar-refractivity contribution in [2.24, 2.45) is 0 Å². The van der Waals surface area contributed by atoms with Crippen LogP contribution in [-0.2, 0) is 14.3 Å². The molecule has 0 aromatic heterocycles. The number of benzene rings is 1. The van der Waals surface area contributed by atoms with Crippen LogP contribution in [0.25, 0.3) is 6.08 Å². The van der Waals surface area contributed by atoms with Gasteiger partial charge in [0, 0.05) is 6.08 Å². The molecule has 0 radical (unpaired) electrons. The van der Waals surface area contributed by atoms with Gasteiger partial charge in [-0.2, -0.15) is 0 Å². The summed E-state index contributed by atoms with van der Waals surface area (Å²) in [5.74, 6) is -0.871. The molecule has 26 heavy (non-hydrogen) atoms. The van der Waals surface area contributed by atoms with Crippen LogP contribution in [0.4, 0.5) is 0 Å². The van der Waals surface area contributed by atoms with Gasteiger partial charge in [-0.1, -0.05) is 6.07 Å². The molecule has 0 bridgehead atoms. The molecule has 1 aromatic carbocycles. The second kappa shape index (κ2) is 8.97. The fraction of sp³-hybridized carbons (Fsp3) is 0.471. The fourth-order valence-electron chi connectivity index (χ4n) is 2.38. The predicted molar refractivity (Wildman–Crippen MR) is 88.2 cm³/mol. The van der Waals surface area contributed by atoms with Gasteiger partial charge in [0.1, 0.15) is 24.4 Å². The van der Waals surface area contributed by atoms with Crippen molar-refractivity contribution in [1.29, 1.82) is 0 Å². The molecule has 1 aliphatic rings. The van der Waals surface area contributed by atoms with E-state index in [1.165, 1.54) is 30.4 Å². The Balaban J connectivity index is 2.08. The highest BCUT2D eigenvalue weighted by Gasteiger charge is 2.44. The van der Waals surface area contributed by atoms with Crippen molar-refractivity contribution in [2.45, 2.75) is 37.6 Å². The van der Waals surface area contributed by atoms with Gasteiger partial charge in [-0.15, -0.1) is 0 Å². The molecule has 144 valence electrons. The maximum absolute atomic E-state index is 11.3. The second-order valence-electron chi connectivity index (χ2n) is 5.63. The van der Waals surface area contributed by atoms with Gasteiger partial charge in [-0.3, -0.25) is 0 Å². The average Bonchev–Trinajstić information content (AvgIpc) is 2.62. The summed E-state index contributed by atoms with van der Waals surface area (Å²) in [6.07, 6.45) is -4.55. The number of ether oxygens (including phenoxy) is 3. The van der Waals surface area contributed by atoms with E-state index in [1.807, 2.05) is 0 Å². The van der Waals surface area contributed by atoms with Crippen LogP contribution >= 0.6 is 0 Å². The number of phenols is 1. The lowest BCUT2D eigenvalue weighted by Gasteiger charge is -2.39. The molecule has 1 fully saturated rings. The van der Waals surface area contributed by atoms with E-state index in [0.29, 0.717) is 5.56 Å². The van der Waals surface area contributed by atoms with Gasteiger partial charge >= 0.3 is 5.97 Å². The lowest BCUT2D eigenvalue weighted by molar-refractivity contribution is -0.277. The minimum absolute atomic E-state index is 0.0531. The van der Waals surface area contributed by atoms with Gasteiger partial charge in [0.15, 0.2) is 11.5 Å². The Hall–Kier alpha value is -2.17. The molecule has 1 heterocycles. The van der Waals surface area contributed by atoms with Gasteiger partial charge in [0.2, 0.25) is 6.29 Å². The highest BCUT2D eigenvalue weighted by atomic mass is 16.7. The summed E-state index contributed by atoms with van der Waals surface area (Å²) in [4.78, 5) is 11.3. The third-order valence-electron chi connectivity index (χ3n) is 3.77. The lowest BCUT2D eigenvalue weighted by Crippen LogP contribution is -2.60.